The van der Waals surface area contributed by atoms with Gasteiger partial charge in [-0.1, -0.05) is 90.7 Å². The standard InChI is InChI=1S/C34H52O5/c1-5-8-11-14-22-37-30-19-17-18-28(25-30)32(35)21-20-29-26-31(38-23-15-12-9-6-2)27-33(36-4)34(29)39-24-16-13-10-7-3/h17-19,25-27H,5-16,20-24H2,1-4H3. The summed E-state index contributed by atoms with van der Waals surface area (Å²) in [5.41, 5.74) is 1.63. The summed E-state index contributed by atoms with van der Waals surface area (Å²) >= 11 is 0. The summed E-state index contributed by atoms with van der Waals surface area (Å²) in [6.45, 7) is 8.60. The molecule has 5 heteroatoms. The van der Waals surface area contributed by atoms with E-state index in [0.717, 1.165) is 54.9 Å². The second-order valence-electron chi connectivity index (χ2n) is 10.3. The van der Waals surface area contributed by atoms with Crippen LogP contribution in [0.25, 0.3) is 0 Å². The number of Topliss-reactive ketones (excluding diaryl/α,β-unsaturated/α-hetero) is 1. The molecular formula is C34H52O5. The Morgan fingerprint density at radius 1 is 0.667 bits per heavy atom. The van der Waals surface area contributed by atoms with Gasteiger partial charge in [0.25, 0.3) is 0 Å². The zero-order valence-corrected chi connectivity index (χ0v) is 25.0. The maximum absolute atomic E-state index is 13.2. The molecule has 0 unspecified atom stereocenters. The fourth-order valence-corrected chi connectivity index (χ4v) is 4.51. The van der Waals surface area contributed by atoms with Crippen LogP contribution < -0.4 is 18.9 Å². The molecule has 0 amide bonds. The molecule has 0 heterocycles. The van der Waals surface area contributed by atoms with Crippen molar-refractivity contribution in [1.82, 2.24) is 0 Å². The number of aryl methyl sites for hydroxylation is 1. The Hall–Kier alpha value is -2.69. The summed E-state index contributed by atoms with van der Waals surface area (Å²) in [5, 5.41) is 0. The molecular weight excluding hydrogens is 488 g/mol. The first-order chi connectivity index (χ1) is 19.1. The smallest absolute Gasteiger partial charge is 0.164 e. The normalized spacial score (nSPS) is 10.9. The van der Waals surface area contributed by atoms with Crippen molar-refractivity contribution < 1.29 is 23.7 Å². The molecule has 5 nitrogen and oxygen atoms in total. The second kappa shape index (κ2) is 20.2. The van der Waals surface area contributed by atoms with Crippen LogP contribution in [0.3, 0.4) is 0 Å². The molecule has 2 rings (SSSR count). The topological polar surface area (TPSA) is 54.0 Å². The Kier molecular flexibility index (Phi) is 16.9. The predicted octanol–water partition coefficient (Wildman–Crippen LogP) is 9.39. The average Bonchev–Trinajstić information content (AvgIpc) is 2.96. The first-order valence-corrected chi connectivity index (χ1v) is 15.3. The van der Waals surface area contributed by atoms with E-state index in [2.05, 4.69) is 20.8 Å². The van der Waals surface area contributed by atoms with Gasteiger partial charge in [-0.05, 0) is 43.9 Å². The Bertz CT molecular complexity index is 939. The van der Waals surface area contributed by atoms with E-state index in [9.17, 15) is 4.79 Å². The van der Waals surface area contributed by atoms with Crippen LogP contribution in [-0.4, -0.2) is 32.7 Å². The number of hydrogen-bond donors (Lipinski definition) is 0. The molecule has 0 aliphatic rings. The fourth-order valence-electron chi connectivity index (χ4n) is 4.51. The van der Waals surface area contributed by atoms with Gasteiger partial charge in [0.15, 0.2) is 17.3 Å². The number of carbonyl (C=O) groups excluding carboxylic acids is 1. The summed E-state index contributed by atoms with van der Waals surface area (Å²) < 4.78 is 23.9. The van der Waals surface area contributed by atoms with E-state index >= 15 is 0 Å². The maximum atomic E-state index is 13.2. The van der Waals surface area contributed by atoms with Gasteiger partial charge >= 0.3 is 0 Å². The third-order valence-electron chi connectivity index (χ3n) is 6.88. The highest BCUT2D eigenvalue weighted by Gasteiger charge is 2.17. The molecule has 0 fully saturated rings. The van der Waals surface area contributed by atoms with Gasteiger partial charge in [-0.15, -0.1) is 0 Å². The second-order valence-corrected chi connectivity index (χ2v) is 10.3. The van der Waals surface area contributed by atoms with Crippen molar-refractivity contribution >= 4 is 5.78 Å². The Balaban J connectivity index is 2.09. The zero-order valence-electron chi connectivity index (χ0n) is 25.0. The van der Waals surface area contributed by atoms with Crippen molar-refractivity contribution in [1.29, 1.82) is 0 Å². The highest BCUT2D eigenvalue weighted by molar-refractivity contribution is 5.96. The summed E-state index contributed by atoms with van der Waals surface area (Å²) in [7, 11) is 1.66. The van der Waals surface area contributed by atoms with Crippen molar-refractivity contribution in [2.45, 2.75) is 111 Å². The maximum Gasteiger partial charge on any atom is 0.164 e. The van der Waals surface area contributed by atoms with Gasteiger partial charge in [0.1, 0.15) is 11.5 Å². The molecule has 218 valence electrons. The van der Waals surface area contributed by atoms with Crippen LogP contribution in [0.5, 0.6) is 23.0 Å². The molecule has 0 aromatic heterocycles. The van der Waals surface area contributed by atoms with Crippen molar-refractivity contribution in [2.24, 2.45) is 0 Å². The highest BCUT2D eigenvalue weighted by Crippen LogP contribution is 2.37. The van der Waals surface area contributed by atoms with Crippen LogP contribution in [-0.2, 0) is 6.42 Å². The first-order valence-electron chi connectivity index (χ1n) is 15.3. The number of ketones is 1. The van der Waals surface area contributed by atoms with Crippen LogP contribution in [0.1, 0.15) is 120 Å². The first kappa shape index (κ1) is 32.5. The molecule has 0 atom stereocenters. The Morgan fingerprint density at radius 3 is 1.85 bits per heavy atom. The Labute approximate surface area is 237 Å². The zero-order chi connectivity index (χ0) is 28.1. The van der Waals surface area contributed by atoms with E-state index in [-0.39, 0.29) is 5.78 Å². The van der Waals surface area contributed by atoms with Gasteiger partial charge < -0.3 is 18.9 Å². The van der Waals surface area contributed by atoms with E-state index < -0.39 is 0 Å². The molecule has 0 saturated heterocycles. The predicted molar refractivity (Wildman–Crippen MR) is 161 cm³/mol. The number of unbranched alkanes of at least 4 members (excludes halogenated alkanes) is 9. The van der Waals surface area contributed by atoms with E-state index in [4.69, 9.17) is 18.9 Å². The van der Waals surface area contributed by atoms with Crippen molar-refractivity contribution in [3.63, 3.8) is 0 Å². The number of benzene rings is 2. The Morgan fingerprint density at radius 2 is 1.26 bits per heavy atom. The minimum absolute atomic E-state index is 0.0881. The summed E-state index contributed by atoms with van der Waals surface area (Å²) in [6, 6.07) is 11.5. The molecule has 0 N–H and O–H groups in total. The minimum Gasteiger partial charge on any atom is -0.494 e. The molecule has 0 spiro atoms. The molecule has 0 bridgehead atoms. The van der Waals surface area contributed by atoms with Crippen LogP contribution >= 0.6 is 0 Å². The van der Waals surface area contributed by atoms with Crippen LogP contribution in [0.4, 0.5) is 0 Å². The largest absolute Gasteiger partial charge is 0.494 e. The lowest BCUT2D eigenvalue weighted by Crippen LogP contribution is -2.07. The molecule has 2 aromatic rings. The number of carbonyl (C=O) groups is 1. The number of ether oxygens (including phenoxy) is 4. The van der Waals surface area contributed by atoms with Gasteiger partial charge in [0, 0.05) is 23.6 Å². The molecule has 0 saturated carbocycles. The van der Waals surface area contributed by atoms with Gasteiger partial charge in [-0.2, -0.15) is 0 Å². The molecule has 2 aromatic carbocycles. The van der Waals surface area contributed by atoms with Crippen molar-refractivity contribution in [3.8, 4) is 23.0 Å². The van der Waals surface area contributed by atoms with E-state index in [0.29, 0.717) is 44.0 Å². The van der Waals surface area contributed by atoms with Crippen molar-refractivity contribution in [2.75, 3.05) is 26.9 Å². The number of methoxy groups -OCH3 is 1. The van der Waals surface area contributed by atoms with Crippen molar-refractivity contribution in [3.05, 3.63) is 47.5 Å². The lowest BCUT2D eigenvalue weighted by molar-refractivity contribution is 0.0982. The third kappa shape index (κ3) is 12.8. The van der Waals surface area contributed by atoms with Gasteiger partial charge in [-0.3, -0.25) is 4.79 Å². The van der Waals surface area contributed by atoms with Crippen LogP contribution in [0.2, 0.25) is 0 Å². The fraction of sp³-hybridized carbons (Fsp3) is 0.618. The summed E-state index contributed by atoms with van der Waals surface area (Å²) in [6.07, 6.45) is 14.7. The molecule has 39 heavy (non-hydrogen) atoms. The van der Waals surface area contributed by atoms with Gasteiger partial charge in [0.2, 0.25) is 0 Å². The van der Waals surface area contributed by atoms with Crippen LogP contribution in [0, 0.1) is 0 Å². The lowest BCUT2D eigenvalue weighted by Gasteiger charge is -2.18. The van der Waals surface area contributed by atoms with E-state index in [1.54, 1.807) is 7.11 Å². The third-order valence-corrected chi connectivity index (χ3v) is 6.88. The van der Waals surface area contributed by atoms with Gasteiger partial charge in [0.05, 0.1) is 26.9 Å². The number of hydrogen-bond acceptors (Lipinski definition) is 5. The molecule has 0 aliphatic heterocycles. The monoisotopic (exact) mass is 540 g/mol. The summed E-state index contributed by atoms with van der Waals surface area (Å²) in [4.78, 5) is 13.2. The molecule has 0 aliphatic carbocycles. The van der Waals surface area contributed by atoms with E-state index in [1.807, 2.05) is 36.4 Å². The highest BCUT2D eigenvalue weighted by atomic mass is 16.5. The summed E-state index contributed by atoms with van der Waals surface area (Å²) in [5.74, 6) is 3.00. The number of rotatable bonds is 23. The SMILES string of the molecule is CCCCCCOc1cccc(C(=O)CCc2cc(OCCCCCC)cc(OC)c2OCCCCCC)c1. The van der Waals surface area contributed by atoms with Gasteiger partial charge in [-0.25, -0.2) is 0 Å². The average molecular weight is 541 g/mol. The quantitative estimate of drug-likeness (QED) is 0.104. The molecule has 0 radical (unpaired) electrons. The van der Waals surface area contributed by atoms with Crippen LogP contribution in [0.15, 0.2) is 36.4 Å². The lowest BCUT2D eigenvalue weighted by atomic mass is 10.0. The minimum atomic E-state index is 0.0881. The van der Waals surface area contributed by atoms with E-state index in [1.165, 1.54) is 44.9 Å².